The van der Waals surface area contributed by atoms with Crippen molar-refractivity contribution >= 4 is 12.1 Å². The van der Waals surface area contributed by atoms with E-state index >= 15 is 0 Å². The van der Waals surface area contributed by atoms with Crippen LogP contribution >= 0.6 is 0 Å². The summed E-state index contributed by atoms with van der Waals surface area (Å²) in [6, 6.07) is 0. The van der Waals surface area contributed by atoms with Gasteiger partial charge in [-0.2, -0.15) is 0 Å². The fourth-order valence-corrected chi connectivity index (χ4v) is 0.495. The maximum absolute atomic E-state index is 10.7. The summed E-state index contributed by atoms with van der Waals surface area (Å²) in [5.41, 5.74) is 0. The van der Waals surface area contributed by atoms with Gasteiger partial charge >= 0.3 is 12.1 Å². The van der Waals surface area contributed by atoms with Gasteiger partial charge in [0.05, 0.1) is 0 Å². The van der Waals surface area contributed by atoms with Gasteiger partial charge in [0.25, 0.3) is 0 Å². The van der Waals surface area contributed by atoms with E-state index in [0.717, 1.165) is 6.08 Å². The molecule has 5 nitrogen and oxygen atoms in total. The Balaban J connectivity index is 3.35. The van der Waals surface area contributed by atoms with Crippen LogP contribution in [-0.4, -0.2) is 31.9 Å². The van der Waals surface area contributed by atoms with Crippen molar-refractivity contribution in [3.8, 4) is 0 Å². The molecule has 5 heteroatoms. The molecule has 0 saturated carbocycles. The molecule has 0 atom stereocenters. The van der Waals surface area contributed by atoms with E-state index in [1.807, 2.05) is 0 Å². The number of esters is 1. The van der Waals surface area contributed by atoms with Crippen LogP contribution in [0.4, 0.5) is 4.79 Å². The van der Waals surface area contributed by atoms with Crippen molar-refractivity contribution in [3.63, 3.8) is 0 Å². The van der Waals surface area contributed by atoms with Gasteiger partial charge in [-0.15, -0.1) is 0 Å². The first-order chi connectivity index (χ1) is 6.70. The van der Waals surface area contributed by atoms with E-state index < -0.39 is 12.1 Å². The van der Waals surface area contributed by atoms with Crippen molar-refractivity contribution in [2.24, 2.45) is 0 Å². The molecule has 0 fully saturated rings. The van der Waals surface area contributed by atoms with Crippen LogP contribution in [0.5, 0.6) is 0 Å². The van der Waals surface area contributed by atoms with Crippen LogP contribution in [0.3, 0.4) is 0 Å². The van der Waals surface area contributed by atoms with Gasteiger partial charge < -0.3 is 14.2 Å². The van der Waals surface area contributed by atoms with Gasteiger partial charge in [0.1, 0.15) is 19.8 Å². The fraction of sp³-hybridized carbons (Fsp3) is 0.333. The topological polar surface area (TPSA) is 61.8 Å². The molecule has 0 aliphatic carbocycles. The molecule has 0 unspecified atom stereocenters. The fourth-order valence-electron chi connectivity index (χ4n) is 0.495. The lowest BCUT2D eigenvalue weighted by molar-refractivity contribution is -0.138. The Morgan fingerprint density at radius 3 is 2.29 bits per heavy atom. The highest BCUT2D eigenvalue weighted by Gasteiger charge is 2.02. The second-order valence-electron chi connectivity index (χ2n) is 2.07. The van der Waals surface area contributed by atoms with Crippen molar-refractivity contribution < 1.29 is 23.8 Å². The predicted molar refractivity (Wildman–Crippen MR) is 48.7 cm³/mol. The van der Waals surface area contributed by atoms with E-state index in [4.69, 9.17) is 0 Å². The molecule has 0 aromatic rings. The third kappa shape index (κ3) is 6.90. The molecule has 0 bridgehead atoms. The quantitative estimate of drug-likeness (QED) is 0.277. The first-order valence-electron chi connectivity index (χ1n) is 3.90. The standard InChI is InChI=1S/C9H12O5/c1-3-5-13-9(11)14-7-6-12-8(10)4-2/h3-4H,1-2,5-7H2. The Hall–Kier alpha value is -1.78. The zero-order chi connectivity index (χ0) is 10.8. The number of carbonyl (C=O) groups is 2. The number of carbonyl (C=O) groups excluding carboxylic acids is 2. The zero-order valence-electron chi connectivity index (χ0n) is 7.73. The van der Waals surface area contributed by atoms with Crippen LogP contribution in [0.2, 0.25) is 0 Å². The van der Waals surface area contributed by atoms with Crippen LogP contribution in [-0.2, 0) is 19.0 Å². The van der Waals surface area contributed by atoms with Crippen LogP contribution in [0.25, 0.3) is 0 Å². The summed E-state index contributed by atoms with van der Waals surface area (Å²) in [6.45, 7) is 6.57. The molecule has 0 aromatic carbocycles. The number of ether oxygens (including phenoxy) is 3. The average Bonchev–Trinajstić information content (AvgIpc) is 2.21. The lowest BCUT2D eigenvalue weighted by Gasteiger charge is -2.04. The van der Waals surface area contributed by atoms with Gasteiger partial charge in [-0.3, -0.25) is 0 Å². The zero-order valence-corrected chi connectivity index (χ0v) is 7.73. The van der Waals surface area contributed by atoms with Crippen molar-refractivity contribution in [1.29, 1.82) is 0 Å². The Labute approximate surface area is 81.9 Å². The normalized spacial score (nSPS) is 8.57. The maximum Gasteiger partial charge on any atom is 0.508 e. The molecular weight excluding hydrogens is 188 g/mol. The third-order valence-corrected chi connectivity index (χ3v) is 1.03. The van der Waals surface area contributed by atoms with E-state index in [0.29, 0.717) is 0 Å². The summed E-state index contributed by atoms with van der Waals surface area (Å²) in [5.74, 6) is -0.562. The molecule has 0 rings (SSSR count). The minimum atomic E-state index is -0.820. The second kappa shape index (κ2) is 7.85. The van der Waals surface area contributed by atoms with Crippen LogP contribution < -0.4 is 0 Å². The number of hydrogen-bond donors (Lipinski definition) is 0. The maximum atomic E-state index is 10.7. The second-order valence-corrected chi connectivity index (χ2v) is 2.07. The van der Waals surface area contributed by atoms with Crippen molar-refractivity contribution in [3.05, 3.63) is 25.3 Å². The van der Waals surface area contributed by atoms with Crippen molar-refractivity contribution in [2.75, 3.05) is 19.8 Å². The van der Waals surface area contributed by atoms with Crippen LogP contribution in [0.1, 0.15) is 0 Å². The first kappa shape index (κ1) is 12.2. The molecule has 0 aliphatic heterocycles. The minimum absolute atomic E-state index is 0.0198. The monoisotopic (exact) mass is 200 g/mol. The van der Waals surface area contributed by atoms with Gasteiger partial charge in [0.2, 0.25) is 0 Å². The van der Waals surface area contributed by atoms with E-state index in [-0.39, 0.29) is 19.8 Å². The highest BCUT2D eigenvalue weighted by Crippen LogP contribution is 1.87. The molecular formula is C9H12O5. The lowest BCUT2D eigenvalue weighted by atomic mass is 10.6. The first-order valence-corrected chi connectivity index (χ1v) is 3.90. The van der Waals surface area contributed by atoms with Gasteiger partial charge in [-0.25, -0.2) is 9.59 Å². The molecule has 0 spiro atoms. The summed E-state index contributed by atoms with van der Waals surface area (Å²) in [5, 5.41) is 0. The Morgan fingerprint density at radius 2 is 1.71 bits per heavy atom. The molecule has 0 aliphatic rings. The van der Waals surface area contributed by atoms with E-state index in [9.17, 15) is 9.59 Å². The minimum Gasteiger partial charge on any atom is -0.459 e. The summed E-state index contributed by atoms with van der Waals surface area (Å²) < 4.78 is 13.5. The Bertz CT molecular complexity index is 221. The number of hydrogen-bond acceptors (Lipinski definition) is 5. The van der Waals surface area contributed by atoms with Crippen LogP contribution in [0, 0.1) is 0 Å². The average molecular weight is 200 g/mol. The Morgan fingerprint density at radius 1 is 1.07 bits per heavy atom. The summed E-state index contributed by atoms with van der Waals surface area (Å²) in [6.07, 6.45) is 1.62. The van der Waals surface area contributed by atoms with Crippen molar-refractivity contribution in [1.82, 2.24) is 0 Å². The van der Waals surface area contributed by atoms with Gasteiger partial charge in [-0.1, -0.05) is 19.2 Å². The van der Waals surface area contributed by atoms with Gasteiger partial charge in [0, 0.05) is 6.08 Å². The van der Waals surface area contributed by atoms with E-state index in [1.165, 1.54) is 6.08 Å². The van der Waals surface area contributed by atoms with Gasteiger partial charge in [0.15, 0.2) is 0 Å². The van der Waals surface area contributed by atoms with Crippen molar-refractivity contribution in [2.45, 2.75) is 0 Å². The molecule has 0 aromatic heterocycles. The molecule has 14 heavy (non-hydrogen) atoms. The summed E-state index contributed by atoms with van der Waals surface area (Å²) >= 11 is 0. The molecule has 78 valence electrons. The van der Waals surface area contributed by atoms with Gasteiger partial charge in [-0.05, 0) is 0 Å². The molecule has 0 heterocycles. The highest BCUT2D eigenvalue weighted by atomic mass is 16.7. The smallest absolute Gasteiger partial charge is 0.459 e. The molecule has 0 saturated heterocycles. The van der Waals surface area contributed by atoms with E-state index in [1.54, 1.807) is 0 Å². The largest absolute Gasteiger partial charge is 0.508 e. The molecule has 0 amide bonds. The predicted octanol–water partition coefficient (Wildman–Crippen LogP) is 1.05. The molecule has 0 N–H and O–H groups in total. The Kier molecular flexibility index (Phi) is 6.85. The lowest BCUT2D eigenvalue weighted by Crippen LogP contribution is -2.13. The summed E-state index contributed by atoms with van der Waals surface area (Å²) in [4.78, 5) is 21.2. The highest BCUT2D eigenvalue weighted by molar-refractivity contribution is 5.81. The van der Waals surface area contributed by atoms with E-state index in [2.05, 4.69) is 27.4 Å². The third-order valence-electron chi connectivity index (χ3n) is 1.03. The number of rotatable bonds is 6. The summed E-state index contributed by atoms with van der Waals surface area (Å²) in [7, 11) is 0. The SMILES string of the molecule is C=CCOC(=O)OCCOC(=O)C=C. The molecule has 0 radical (unpaired) electrons. The van der Waals surface area contributed by atoms with Crippen LogP contribution in [0.15, 0.2) is 25.3 Å².